The van der Waals surface area contributed by atoms with Gasteiger partial charge >= 0.3 is 5.97 Å². The standard InChI is InChI=1S/C12H17N3O2S/c1-4-15(5-2)8-6-7-10(3)17-12(16)11-9-13-18-14-11/h9-10H,4-5,8H2,1-3H3/t10-/m0/s1. The molecule has 1 heterocycles. The third-order valence-electron chi connectivity index (χ3n) is 2.36. The molecule has 98 valence electrons. The fourth-order valence-corrected chi connectivity index (χ4v) is 1.66. The van der Waals surface area contributed by atoms with Gasteiger partial charge in [-0.2, -0.15) is 8.75 Å². The molecule has 1 aromatic rings. The van der Waals surface area contributed by atoms with Crippen LogP contribution in [0.4, 0.5) is 0 Å². The molecule has 0 saturated heterocycles. The molecule has 6 heteroatoms. The van der Waals surface area contributed by atoms with Crippen LogP contribution in [0.5, 0.6) is 0 Å². The first-order valence-electron chi connectivity index (χ1n) is 5.86. The second-order valence-electron chi connectivity index (χ2n) is 3.62. The highest BCUT2D eigenvalue weighted by Crippen LogP contribution is 2.01. The first-order chi connectivity index (χ1) is 8.67. The van der Waals surface area contributed by atoms with Gasteiger partial charge in [0, 0.05) is 0 Å². The highest BCUT2D eigenvalue weighted by Gasteiger charge is 2.12. The van der Waals surface area contributed by atoms with E-state index < -0.39 is 12.1 Å². The minimum absolute atomic E-state index is 0.234. The lowest BCUT2D eigenvalue weighted by Gasteiger charge is -2.13. The number of esters is 1. The van der Waals surface area contributed by atoms with Crippen molar-refractivity contribution in [1.29, 1.82) is 0 Å². The first-order valence-corrected chi connectivity index (χ1v) is 6.59. The van der Waals surface area contributed by atoms with Crippen molar-refractivity contribution in [3.8, 4) is 11.8 Å². The lowest BCUT2D eigenvalue weighted by atomic mass is 10.3. The van der Waals surface area contributed by atoms with Crippen LogP contribution in [0.2, 0.25) is 0 Å². The van der Waals surface area contributed by atoms with Crippen molar-refractivity contribution in [1.82, 2.24) is 13.6 Å². The largest absolute Gasteiger partial charge is 0.445 e. The Hall–Kier alpha value is -1.45. The molecule has 0 N–H and O–H groups in total. The summed E-state index contributed by atoms with van der Waals surface area (Å²) in [6.07, 6.45) is 0.957. The summed E-state index contributed by atoms with van der Waals surface area (Å²) in [5.41, 5.74) is 0.234. The maximum Gasteiger partial charge on any atom is 0.360 e. The molecule has 0 saturated carbocycles. The van der Waals surface area contributed by atoms with E-state index in [2.05, 4.69) is 39.3 Å². The Bertz CT molecular complexity index is 418. The molecule has 0 spiro atoms. The topological polar surface area (TPSA) is 55.3 Å². The summed E-state index contributed by atoms with van der Waals surface area (Å²) < 4.78 is 12.7. The Morgan fingerprint density at radius 1 is 1.56 bits per heavy atom. The second-order valence-corrected chi connectivity index (χ2v) is 4.18. The van der Waals surface area contributed by atoms with Gasteiger partial charge in [-0.25, -0.2) is 4.79 Å². The van der Waals surface area contributed by atoms with Gasteiger partial charge in [0.2, 0.25) is 0 Å². The number of rotatable bonds is 5. The van der Waals surface area contributed by atoms with Gasteiger partial charge in [0.1, 0.15) is 0 Å². The number of nitrogens with zero attached hydrogens (tertiary/aromatic N) is 3. The van der Waals surface area contributed by atoms with Crippen molar-refractivity contribution in [3.63, 3.8) is 0 Å². The molecule has 0 radical (unpaired) electrons. The van der Waals surface area contributed by atoms with Crippen LogP contribution < -0.4 is 0 Å². The molecule has 18 heavy (non-hydrogen) atoms. The van der Waals surface area contributed by atoms with Gasteiger partial charge < -0.3 is 4.74 Å². The zero-order valence-electron chi connectivity index (χ0n) is 10.8. The molecule has 0 fully saturated rings. The number of carbonyl (C=O) groups is 1. The smallest absolute Gasteiger partial charge is 0.360 e. The van der Waals surface area contributed by atoms with E-state index >= 15 is 0 Å². The van der Waals surface area contributed by atoms with E-state index in [-0.39, 0.29) is 5.69 Å². The molecule has 0 amide bonds. The van der Waals surface area contributed by atoms with Gasteiger partial charge in [0.25, 0.3) is 0 Å². The summed E-state index contributed by atoms with van der Waals surface area (Å²) >= 11 is 0.979. The summed E-state index contributed by atoms with van der Waals surface area (Å²) in [5, 5.41) is 0. The quantitative estimate of drug-likeness (QED) is 0.596. The van der Waals surface area contributed by atoms with Crippen molar-refractivity contribution in [2.24, 2.45) is 0 Å². The third kappa shape index (κ3) is 4.82. The predicted molar refractivity (Wildman–Crippen MR) is 70.4 cm³/mol. The van der Waals surface area contributed by atoms with Gasteiger partial charge in [-0.15, -0.1) is 0 Å². The second kappa shape index (κ2) is 7.80. The Balaban J connectivity index is 2.40. The Labute approximate surface area is 111 Å². The van der Waals surface area contributed by atoms with Crippen LogP contribution in [0.1, 0.15) is 31.3 Å². The van der Waals surface area contributed by atoms with Crippen LogP contribution in [0.15, 0.2) is 6.20 Å². The summed E-state index contributed by atoms with van der Waals surface area (Å²) in [4.78, 5) is 13.7. The zero-order valence-corrected chi connectivity index (χ0v) is 11.7. The molecule has 1 atom stereocenters. The van der Waals surface area contributed by atoms with Crippen molar-refractivity contribution < 1.29 is 9.53 Å². The molecule has 1 rings (SSSR count). The number of carbonyl (C=O) groups excluding carboxylic acids is 1. The Morgan fingerprint density at radius 3 is 2.83 bits per heavy atom. The summed E-state index contributed by atoms with van der Waals surface area (Å²) in [6, 6.07) is 0. The fraction of sp³-hybridized carbons (Fsp3) is 0.583. The van der Waals surface area contributed by atoms with E-state index in [9.17, 15) is 4.79 Å². The molecular formula is C12H17N3O2S. The summed E-state index contributed by atoms with van der Waals surface area (Å²) in [5.74, 6) is 5.42. The number of hydrogen-bond donors (Lipinski definition) is 0. The Morgan fingerprint density at radius 2 is 2.28 bits per heavy atom. The summed E-state index contributed by atoms with van der Waals surface area (Å²) in [6.45, 7) is 8.53. The predicted octanol–water partition coefficient (Wildman–Crippen LogP) is 1.43. The molecule has 0 aromatic carbocycles. The van der Waals surface area contributed by atoms with Gasteiger partial charge in [0.05, 0.1) is 24.5 Å². The monoisotopic (exact) mass is 267 g/mol. The fourth-order valence-electron chi connectivity index (χ4n) is 1.25. The van der Waals surface area contributed by atoms with Crippen LogP contribution >= 0.6 is 11.7 Å². The number of aromatic nitrogens is 2. The lowest BCUT2D eigenvalue weighted by molar-refractivity contribution is 0.0432. The van der Waals surface area contributed by atoms with Crippen LogP contribution in [0.3, 0.4) is 0 Å². The number of ether oxygens (including phenoxy) is 1. The third-order valence-corrected chi connectivity index (χ3v) is 2.83. The molecule has 1 aromatic heterocycles. The van der Waals surface area contributed by atoms with Gasteiger partial charge in [-0.1, -0.05) is 25.7 Å². The maximum atomic E-state index is 11.5. The van der Waals surface area contributed by atoms with Gasteiger partial charge in [0.15, 0.2) is 11.8 Å². The summed E-state index contributed by atoms with van der Waals surface area (Å²) in [7, 11) is 0. The molecule has 0 unspecified atom stereocenters. The molecule has 0 aliphatic carbocycles. The van der Waals surface area contributed by atoms with E-state index in [4.69, 9.17) is 4.74 Å². The van der Waals surface area contributed by atoms with Gasteiger partial charge in [-0.05, 0) is 20.0 Å². The normalized spacial score (nSPS) is 11.8. The van der Waals surface area contributed by atoms with Crippen molar-refractivity contribution in [2.45, 2.75) is 26.9 Å². The van der Waals surface area contributed by atoms with E-state index in [1.165, 1.54) is 6.20 Å². The molecule has 0 aliphatic rings. The van der Waals surface area contributed by atoms with E-state index in [0.717, 1.165) is 24.8 Å². The van der Waals surface area contributed by atoms with E-state index in [0.29, 0.717) is 6.54 Å². The number of hydrogen-bond acceptors (Lipinski definition) is 6. The zero-order chi connectivity index (χ0) is 13.4. The molecule has 0 aliphatic heterocycles. The van der Waals surface area contributed by atoms with Crippen molar-refractivity contribution in [3.05, 3.63) is 11.9 Å². The minimum atomic E-state index is -0.478. The average molecular weight is 267 g/mol. The minimum Gasteiger partial charge on any atom is -0.445 e. The van der Waals surface area contributed by atoms with Crippen LogP contribution in [-0.4, -0.2) is 45.4 Å². The van der Waals surface area contributed by atoms with Crippen LogP contribution in [0.25, 0.3) is 0 Å². The maximum absolute atomic E-state index is 11.5. The van der Waals surface area contributed by atoms with Crippen LogP contribution in [0, 0.1) is 11.8 Å². The highest BCUT2D eigenvalue weighted by molar-refractivity contribution is 6.99. The van der Waals surface area contributed by atoms with Crippen LogP contribution in [-0.2, 0) is 4.74 Å². The average Bonchev–Trinajstić information content (AvgIpc) is 2.88. The molecule has 0 bridgehead atoms. The van der Waals surface area contributed by atoms with Crippen molar-refractivity contribution >= 4 is 17.7 Å². The highest BCUT2D eigenvalue weighted by atomic mass is 32.1. The molecule has 5 nitrogen and oxygen atoms in total. The Kier molecular flexibility index (Phi) is 6.33. The lowest BCUT2D eigenvalue weighted by Crippen LogP contribution is -2.23. The van der Waals surface area contributed by atoms with E-state index in [1.54, 1.807) is 6.92 Å². The first kappa shape index (κ1) is 14.6. The SMILES string of the molecule is CCN(CC)CC#C[C@H](C)OC(=O)c1cnsn1. The van der Waals surface area contributed by atoms with Crippen molar-refractivity contribution in [2.75, 3.05) is 19.6 Å². The molecular weight excluding hydrogens is 250 g/mol. The van der Waals surface area contributed by atoms with Gasteiger partial charge in [-0.3, -0.25) is 4.90 Å². The van der Waals surface area contributed by atoms with E-state index in [1.807, 2.05) is 0 Å².